The Morgan fingerprint density at radius 2 is 2.25 bits per heavy atom. The molecule has 1 aromatic heterocycles. The second-order valence-electron chi connectivity index (χ2n) is 2.14. The molecule has 0 bridgehead atoms. The van der Waals surface area contributed by atoms with Crippen molar-refractivity contribution < 1.29 is 0 Å². The lowest BCUT2D eigenvalue weighted by Crippen LogP contribution is -1.92. The molecule has 2 nitrogen and oxygen atoms in total. The first-order valence-electron chi connectivity index (χ1n) is 3.42. The van der Waals surface area contributed by atoms with Gasteiger partial charge in [0.25, 0.3) is 0 Å². The number of hydrogen-bond donors (Lipinski definition) is 1. The Bertz CT molecular complexity index is 277. The van der Waals surface area contributed by atoms with E-state index < -0.39 is 0 Å². The van der Waals surface area contributed by atoms with Crippen LogP contribution in [0.4, 0.5) is 0 Å². The van der Waals surface area contributed by atoms with Crippen molar-refractivity contribution in [1.82, 2.24) is 4.98 Å². The zero-order valence-electron chi connectivity index (χ0n) is 6.30. The Labute approximate surface area is 81.0 Å². The molecule has 0 saturated carbocycles. The zero-order valence-corrected chi connectivity index (χ0v) is 7.81. The second kappa shape index (κ2) is 4.45. The Morgan fingerprint density at radius 3 is 2.83 bits per heavy atom. The van der Waals surface area contributed by atoms with Gasteiger partial charge in [0, 0.05) is 18.3 Å². The highest BCUT2D eigenvalue weighted by molar-refractivity contribution is 6.36. The molecule has 0 saturated heterocycles. The molecule has 4 heteroatoms. The van der Waals surface area contributed by atoms with Crippen molar-refractivity contribution in [2.24, 2.45) is 5.73 Å². The molecule has 0 atom stereocenters. The normalized spacial score (nSPS) is 10.9. The molecule has 1 heterocycles. The van der Waals surface area contributed by atoms with Crippen LogP contribution in [0.3, 0.4) is 0 Å². The molecule has 0 fully saturated rings. The van der Waals surface area contributed by atoms with Crippen LogP contribution in [-0.2, 0) is 0 Å². The van der Waals surface area contributed by atoms with E-state index in [1.807, 2.05) is 0 Å². The van der Waals surface area contributed by atoms with E-state index in [9.17, 15) is 0 Å². The van der Waals surface area contributed by atoms with Gasteiger partial charge in [0.05, 0.1) is 5.02 Å². The van der Waals surface area contributed by atoms with Gasteiger partial charge in [-0.15, -0.1) is 0 Å². The van der Waals surface area contributed by atoms with Crippen molar-refractivity contribution in [2.45, 2.75) is 0 Å². The number of rotatable bonds is 2. The van der Waals surface area contributed by atoms with E-state index in [1.54, 1.807) is 24.4 Å². The van der Waals surface area contributed by atoms with Gasteiger partial charge in [-0.05, 0) is 6.07 Å². The fraction of sp³-hybridized carbons (Fsp3) is 0.125. The summed E-state index contributed by atoms with van der Waals surface area (Å²) in [5.41, 5.74) is 6.00. The molecule has 2 N–H and O–H groups in total. The van der Waals surface area contributed by atoms with Gasteiger partial charge in [-0.3, -0.25) is 0 Å². The first kappa shape index (κ1) is 9.52. The highest BCUT2D eigenvalue weighted by atomic mass is 35.5. The topological polar surface area (TPSA) is 38.9 Å². The van der Waals surface area contributed by atoms with E-state index in [-0.39, 0.29) is 0 Å². The Hall–Kier alpha value is -0.570. The summed E-state index contributed by atoms with van der Waals surface area (Å²) in [7, 11) is 0. The molecule has 0 amide bonds. The maximum absolute atomic E-state index is 5.85. The average molecular weight is 203 g/mol. The molecule has 64 valence electrons. The average Bonchev–Trinajstić information content (AvgIpc) is 2.04. The van der Waals surface area contributed by atoms with Gasteiger partial charge in [0.15, 0.2) is 0 Å². The summed E-state index contributed by atoms with van der Waals surface area (Å²) in [6, 6.07) is 1.68. The summed E-state index contributed by atoms with van der Waals surface area (Å²) >= 11 is 11.6. The number of nitrogens with zero attached hydrogens (tertiary/aromatic N) is 1. The molecule has 0 radical (unpaired) electrons. The van der Waals surface area contributed by atoms with Gasteiger partial charge in [-0.25, -0.2) is 4.98 Å². The first-order chi connectivity index (χ1) is 5.75. The third kappa shape index (κ3) is 2.21. The van der Waals surface area contributed by atoms with Gasteiger partial charge >= 0.3 is 0 Å². The summed E-state index contributed by atoms with van der Waals surface area (Å²) < 4.78 is 0. The van der Waals surface area contributed by atoms with E-state index in [0.717, 1.165) is 0 Å². The van der Waals surface area contributed by atoms with Crippen molar-refractivity contribution in [1.29, 1.82) is 0 Å². The summed E-state index contributed by atoms with van der Waals surface area (Å²) in [6.07, 6.45) is 5.09. The summed E-state index contributed by atoms with van der Waals surface area (Å²) in [4.78, 5) is 3.88. The molecule has 0 aromatic carbocycles. The summed E-state index contributed by atoms with van der Waals surface area (Å²) in [6.45, 7) is 0.460. The molecule has 1 aromatic rings. The van der Waals surface area contributed by atoms with Crippen LogP contribution in [0, 0.1) is 0 Å². The van der Waals surface area contributed by atoms with E-state index in [2.05, 4.69) is 4.98 Å². The van der Waals surface area contributed by atoms with Crippen LogP contribution in [0.2, 0.25) is 10.2 Å². The van der Waals surface area contributed by atoms with E-state index in [4.69, 9.17) is 28.9 Å². The van der Waals surface area contributed by atoms with Crippen molar-refractivity contribution in [3.05, 3.63) is 34.1 Å². The lowest BCUT2D eigenvalue weighted by molar-refractivity contribution is 1.26. The summed E-state index contributed by atoms with van der Waals surface area (Å²) in [5, 5.41) is 0.979. The van der Waals surface area contributed by atoms with Crippen LogP contribution in [0.5, 0.6) is 0 Å². The third-order valence-electron chi connectivity index (χ3n) is 1.31. The van der Waals surface area contributed by atoms with Gasteiger partial charge in [0.1, 0.15) is 5.15 Å². The van der Waals surface area contributed by atoms with Crippen molar-refractivity contribution in [3.8, 4) is 0 Å². The van der Waals surface area contributed by atoms with E-state index >= 15 is 0 Å². The lowest BCUT2D eigenvalue weighted by atomic mass is 10.2. The molecule has 0 spiro atoms. The molecule has 0 aliphatic rings. The van der Waals surface area contributed by atoms with Crippen LogP contribution in [-0.4, -0.2) is 11.5 Å². The monoisotopic (exact) mass is 202 g/mol. The van der Waals surface area contributed by atoms with Crippen LogP contribution >= 0.6 is 23.2 Å². The zero-order chi connectivity index (χ0) is 8.97. The minimum Gasteiger partial charge on any atom is -0.327 e. The van der Waals surface area contributed by atoms with Gasteiger partial charge in [-0.2, -0.15) is 0 Å². The SMILES string of the molecule is NCC=Cc1c(Cl)ccnc1Cl. The molecular formula is C8H8Cl2N2. The standard InChI is InChI=1S/C8H8Cl2N2/c9-7-3-5-12-8(10)6(7)2-1-4-11/h1-3,5H,4,11H2. The molecule has 12 heavy (non-hydrogen) atoms. The van der Waals surface area contributed by atoms with Crippen molar-refractivity contribution in [3.63, 3.8) is 0 Å². The van der Waals surface area contributed by atoms with Gasteiger partial charge < -0.3 is 5.73 Å². The number of halogens is 2. The highest BCUT2D eigenvalue weighted by Gasteiger charge is 2.01. The van der Waals surface area contributed by atoms with Crippen molar-refractivity contribution >= 4 is 29.3 Å². The second-order valence-corrected chi connectivity index (χ2v) is 2.90. The quantitative estimate of drug-likeness (QED) is 0.749. The van der Waals surface area contributed by atoms with E-state index in [1.165, 1.54) is 0 Å². The van der Waals surface area contributed by atoms with E-state index in [0.29, 0.717) is 22.3 Å². The van der Waals surface area contributed by atoms with Gasteiger partial charge in [0.2, 0.25) is 0 Å². The number of pyridine rings is 1. The minimum atomic E-state index is 0.396. The fourth-order valence-electron chi connectivity index (χ4n) is 0.760. The third-order valence-corrected chi connectivity index (χ3v) is 1.94. The van der Waals surface area contributed by atoms with Crippen LogP contribution in [0.25, 0.3) is 6.08 Å². The molecule has 1 rings (SSSR count). The Morgan fingerprint density at radius 1 is 1.50 bits per heavy atom. The maximum atomic E-state index is 5.85. The smallest absolute Gasteiger partial charge is 0.137 e. The Kier molecular flexibility index (Phi) is 3.53. The molecule has 0 aliphatic carbocycles. The summed E-state index contributed by atoms with van der Waals surface area (Å²) in [5.74, 6) is 0. The predicted octanol–water partition coefficient (Wildman–Crippen LogP) is 2.36. The fourth-order valence-corrected chi connectivity index (χ4v) is 1.24. The molecule has 0 unspecified atom stereocenters. The maximum Gasteiger partial charge on any atom is 0.137 e. The van der Waals surface area contributed by atoms with Crippen LogP contribution in [0.15, 0.2) is 18.3 Å². The molecule has 0 aliphatic heterocycles. The number of aromatic nitrogens is 1. The molecular weight excluding hydrogens is 195 g/mol. The largest absolute Gasteiger partial charge is 0.327 e. The highest BCUT2D eigenvalue weighted by Crippen LogP contribution is 2.22. The van der Waals surface area contributed by atoms with Gasteiger partial charge in [-0.1, -0.05) is 35.4 Å². The number of nitrogens with two attached hydrogens (primary N) is 1. The predicted molar refractivity (Wildman–Crippen MR) is 52.3 cm³/mol. The van der Waals surface area contributed by atoms with Crippen molar-refractivity contribution in [2.75, 3.05) is 6.54 Å². The van der Waals surface area contributed by atoms with Crippen LogP contribution < -0.4 is 5.73 Å². The minimum absolute atomic E-state index is 0.396. The number of hydrogen-bond acceptors (Lipinski definition) is 2. The Balaban J connectivity index is 3.04. The van der Waals surface area contributed by atoms with Crippen LogP contribution in [0.1, 0.15) is 5.56 Å². The first-order valence-corrected chi connectivity index (χ1v) is 4.18. The lowest BCUT2D eigenvalue weighted by Gasteiger charge is -1.98.